The lowest BCUT2D eigenvalue weighted by molar-refractivity contribution is 0.0767. The van der Waals surface area contributed by atoms with E-state index in [1.54, 1.807) is 0 Å². The summed E-state index contributed by atoms with van der Waals surface area (Å²) in [5.41, 5.74) is 3.15. The second-order valence-corrected chi connectivity index (χ2v) is 6.95. The van der Waals surface area contributed by atoms with Crippen LogP contribution in [0.1, 0.15) is 27.7 Å². The summed E-state index contributed by atoms with van der Waals surface area (Å²) >= 11 is 0. The van der Waals surface area contributed by atoms with Gasteiger partial charge in [-0.05, 0) is 31.5 Å². The first kappa shape index (κ1) is 14.5. The summed E-state index contributed by atoms with van der Waals surface area (Å²) in [6, 6.07) is 13.0. The first-order valence-electron chi connectivity index (χ1n) is 8.33. The van der Waals surface area contributed by atoms with Crippen LogP contribution in [0.25, 0.3) is 0 Å². The molecule has 4 rings (SSSR count). The summed E-state index contributed by atoms with van der Waals surface area (Å²) in [4.78, 5) is 20.4. The third-order valence-corrected chi connectivity index (χ3v) is 5.51. The van der Waals surface area contributed by atoms with Crippen LogP contribution >= 0.6 is 0 Å². The van der Waals surface area contributed by atoms with E-state index in [1.165, 1.54) is 5.56 Å². The number of nitrogens with one attached hydrogen (secondary N) is 1. The number of aromatic amines is 1. The van der Waals surface area contributed by atoms with E-state index in [4.69, 9.17) is 0 Å². The monoisotopic (exact) mass is 309 g/mol. The maximum Gasteiger partial charge on any atom is 0.255 e. The highest BCUT2D eigenvalue weighted by atomic mass is 16.2. The molecule has 0 spiro atoms. The number of carbonyl (C=O) groups excluding carboxylic acids is 1. The number of nitrogens with zero attached hydrogens (tertiary/aromatic N) is 2. The van der Waals surface area contributed by atoms with Crippen LogP contribution in [0.3, 0.4) is 0 Å². The zero-order valence-electron chi connectivity index (χ0n) is 13.7. The van der Waals surface area contributed by atoms with E-state index in [2.05, 4.69) is 52.2 Å². The van der Waals surface area contributed by atoms with Gasteiger partial charge in [0, 0.05) is 43.5 Å². The zero-order valence-corrected chi connectivity index (χ0v) is 13.7. The highest BCUT2D eigenvalue weighted by molar-refractivity contribution is 5.95. The Hall–Kier alpha value is -2.07. The van der Waals surface area contributed by atoms with Gasteiger partial charge < -0.3 is 9.88 Å². The molecule has 4 heteroatoms. The van der Waals surface area contributed by atoms with Crippen LogP contribution in [0.15, 0.2) is 42.6 Å². The van der Waals surface area contributed by atoms with Crippen molar-refractivity contribution in [3.8, 4) is 0 Å². The fourth-order valence-corrected chi connectivity index (χ4v) is 4.43. The van der Waals surface area contributed by atoms with Gasteiger partial charge in [-0.3, -0.25) is 9.69 Å². The topological polar surface area (TPSA) is 39.3 Å². The standard InChI is InChI=1S/C19H23N3O/c1-13-16(8-9-20-13)19(23)22-11-15-10-21(2)18(17(15)12-22)14-6-4-3-5-7-14/h3-9,15,17-18,20H,10-12H2,1-2H3. The number of H-pyrrole nitrogens is 1. The van der Waals surface area contributed by atoms with Crippen LogP contribution in [0.5, 0.6) is 0 Å². The van der Waals surface area contributed by atoms with E-state index >= 15 is 0 Å². The number of aromatic nitrogens is 1. The lowest BCUT2D eigenvalue weighted by atomic mass is 9.90. The van der Waals surface area contributed by atoms with Crippen LogP contribution in [0, 0.1) is 18.8 Å². The molecule has 4 nitrogen and oxygen atoms in total. The van der Waals surface area contributed by atoms with Gasteiger partial charge in [0.2, 0.25) is 0 Å². The molecule has 3 heterocycles. The van der Waals surface area contributed by atoms with E-state index in [9.17, 15) is 4.79 Å². The van der Waals surface area contributed by atoms with Crippen molar-refractivity contribution in [2.45, 2.75) is 13.0 Å². The third kappa shape index (κ3) is 2.38. The van der Waals surface area contributed by atoms with E-state index in [0.717, 1.165) is 30.9 Å². The molecule has 0 bridgehead atoms. The number of rotatable bonds is 2. The molecular weight excluding hydrogens is 286 g/mol. The minimum atomic E-state index is 0.174. The van der Waals surface area contributed by atoms with Crippen molar-refractivity contribution in [2.24, 2.45) is 11.8 Å². The van der Waals surface area contributed by atoms with Gasteiger partial charge in [0.15, 0.2) is 0 Å². The Labute approximate surface area is 137 Å². The number of carbonyl (C=O) groups is 1. The van der Waals surface area contributed by atoms with E-state index < -0.39 is 0 Å². The van der Waals surface area contributed by atoms with Gasteiger partial charge in [-0.2, -0.15) is 0 Å². The van der Waals surface area contributed by atoms with Crippen molar-refractivity contribution in [3.05, 3.63) is 59.4 Å². The van der Waals surface area contributed by atoms with Crippen molar-refractivity contribution in [1.82, 2.24) is 14.8 Å². The smallest absolute Gasteiger partial charge is 0.255 e. The summed E-state index contributed by atoms with van der Waals surface area (Å²) in [7, 11) is 2.21. The summed E-state index contributed by atoms with van der Waals surface area (Å²) in [5.74, 6) is 1.28. The molecule has 23 heavy (non-hydrogen) atoms. The molecule has 1 aromatic carbocycles. The van der Waals surface area contributed by atoms with Crippen LogP contribution in [-0.4, -0.2) is 47.4 Å². The lowest BCUT2D eigenvalue weighted by Crippen LogP contribution is -2.33. The van der Waals surface area contributed by atoms with Gasteiger partial charge in [0.1, 0.15) is 0 Å². The molecule has 0 saturated carbocycles. The van der Waals surface area contributed by atoms with Crippen molar-refractivity contribution in [2.75, 3.05) is 26.7 Å². The molecule has 2 fully saturated rings. The predicted molar refractivity (Wildman–Crippen MR) is 90.2 cm³/mol. The minimum absolute atomic E-state index is 0.174. The zero-order chi connectivity index (χ0) is 16.0. The molecule has 3 unspecified atom stereocenters. The first-order valence-corrected chi connectivity index (χ1v) is 8.33. The molecule has 2 aromatic rings. The molecule has 2 aliphatic rings. The van der Waals surface area contributed by atoms with Crippen LogP contribution in [0.2, 0.25) is 0 Å². The number of hydrogen-bond donors (Lipinski definition) is 1. The third-order valence-electron chi connectivity index (χ3n) is 5.51. The normalized spacial score (nSPS) is 27.4. The van der Waals surface area contributed by atoms with Crippen molar-refractivity contribution in [3.63, 3.8) is 0 Å². The molecular formula is C19H23N3O. The SMILES string of the molecule is Cc1[nH]ccc1C(=O)N1CC2CN(C)C(c3ccccc3)C2C1. The van der Waals surface area contributed by atoms with Crippen LogP contribution < -0.4 is 0 Å². The number of hydrogen-bond acceptors (Lipinski definition) is 2. The summed E-state index contributed by atoms with van der Waals surface area (Å²) in [5, 5.41) is 0. The van der Waals surface area contributed by atoms with E-state index in [-0.39, 0.29) is 5.91 Å². The van der Waals surface area contributed by atoms with Gasteiger partial charge in [-0.25, -0.2) is 0 Å². The number of aryl methyl sites for hydroxylation is 1. The Morgan fingerprint density at radius 3 is 2.61 bits per heavy atom. The van der Waals surface area contributed by atoms with E-state index in [0.29, 0.717) is 17.9 Å². The van der Waals surface area contributed by atoms with Gasteiger partial charge in [0.25, 0.3) is 5.91 Å². The fourth-order valence-electron chi connectivity index (χ4n) is 4.43. The molecule has 3 atom stereocenters. The fraction of sp³-hybridized carbons (Fsp3) is 0.421. The van der Waals surface area contributed by atoms with Crippen molar-refractivity contribution >= 4 is 5.91 Å². The Morgan fingerprint density at radius 2 is 1.91 bits per heavy atom. The molecule has 0 radical (unpaired) electrons. The maximum absolute atomic E-state index is 12.8. The first-order chi connectivity index (χ1) is 11.1. The van der Waals surface area contributed by atoms with Gasteiger partial charge in [0.05, 0.1) is 5.56 Å². The largest absolute Gasteiger partial charge is 0.365 e. The lowest BCUT2D eigenvalue weighted by Gasteiger charge is -2.27. The Morgan fingerprint density at radius 1 is 1.13 bits per heavy atom. The Kier molecular flexibility index (Phi) is 3.49. The average Bonchev–Trinajstić information content (AvgIpc) is 3.21. The highest BCUT2D eigenvalue weighted by Crippen LogP contribution is 2.44. The highest BCUT2D eigenvalue weighted by Gasteiger charge is 2.47. The number of amides is 1. The Balaban J connectivity index is 1.56. The van der Waals surface area contributed by atoms with Crippen molar-refractivity contribution < 1.29 is 4.79 Å². The van der Waals surface area contributed by atoms with E-state index in [1.807, 2.05) is 19.2 Å². The molecule has 1 aromatic heterocycles. The minimum Gasteiger partial charge on any atom is -0.365 e. The predicted octanol–water partition coefficient (Wildman–Crippen LogP) is 2.70. The Bertz CT molecular complexity index is 708. The average molecular weight is 309 g/mol. The molecule has 0 aliphatic carbocycles. The molecule has 1 amide bonds. The van der Waals surface area contributed by atoms with Crippen LogP contribution in [-0.2, 0) is 0 Å². The molecule has 2 saturated heterocycles. The van der Waals surface area contributed by atoms with Crippen molar-refractivity contribution in [1.29, 1.82) is 0 Å². The molecule has 120 valence electrons. The van der Waals surface area contributed by atoms with Gasteiger partial charge >= 0.3 is 0 Å². The molecule has 1 N–H and O–H groups in total. The summed E-state index contributed by atoms with van der Waals surface area (Å²) in [6.07, 6.45) is 1.85. The summed E-state index contributed by atoms with van der Waals surface area (Å²) < 4.78 is 0. The van der Waals surface area contributed by atoms with Crippen LogP contribution in [0.4, 0.5) is 0 Å². The van der Waals surface area contributed by atoms with Gasteiger partial charge in [-0.1, -0.05) is 30.3 Å². The second kappa shape index (κ2) is 5.53. The maximum atomic E-state index is 12.8. The number of fused-ring (bicyclic) bond motifs is 1. The number of likely N-dealkylation sites (tertiary alicyclic amines) is 2. The second-order valence-electron chi connectivity index (χ2n) is 6.95. The summed E-state index contributed by atoms with van der Waals surface area (Å²) in [6.45, 7) is 4.77. The van der Waals surface area contributed by atoms with Gasteiger partial charge in [-0.15, -0.1) is 0 Å². The quantitative estimate of drug-likeness (QED) is 0.926. The number of benzene rings is 1. The molecule has 2 aliphatic heterocycles.